The Labute approximate surface area is 108 Å². The molecule has 0 saturated heterocycles. The predicted molar refractivity (Wildman–Crippen MR) is 73.0 cm³/mol. The first-order chi connectivity index (χ1) is 8.21. The quantitative estimate of drug-likeness (QED) is 0.716. The average Bonchev–Trinajstić information content (AvgIpc) is 2.23. The Morgan fingerprint density at radius 3 is 2.39 bits per heavy atom. The molecule has 0 aliphatic rings. The topological polar surface area (TPSA) is 78.4 Å². The Morgan fingerprint density at radius 1 is 1.22 bits per heavy atom. The van der Waals surface area contributed by atoms with Crippen LogP contribution >= 0.6 is 0 Å². The zero-order valence-electron chi connectivity index (χ0n) is 11.1. The van der Waals surface area contributed by atoms with Crippen LogP contribution in [0.4, 0.5) is 5.69 Å². The molecule has 0 saturated carbocycles. The van der Waals surface area contributed by atoms with Crippen molar-refractivity contribution >= 4 is 15.9 Å². The predicted octanol–water partition coefficient (Wildman–Crippen LogP) is 1.91. The highest BCUT2D eigenvalue weighted by atomic mass is 32.2. The van der Waals surface area contributed by atoms with E-state index in [0.717, 1.165) is 0 Å². The van der Waals surface area contributed by atoms with Crippen LogP contribution in [0.2, 0.25) is 0 Å². The van der Waals surface area contributed by atoms with E-state index in [1.54, 1.807) is 19.9 Å². The van der Waals surface area contributed by atoms with Crippen molar-refractivity contribution in [2.45, 2.75) is 27.7 Å². The van der Waals surface area contributed by atoms with Crippen LogP contribution in [0.25, 0.3) is 0 Å². The van der Waals surface area contributed by atoms with E-state index in [0.29, 0.717) is 23.4 Å². The minimum absolute atomic E-state index is 0.158. The number of aryl methyl sites for hydroxylation is 2. The lowest BCUT2D eigenvalue weighted by Gasteiger charge is -2.13. The Hall–Kier alpha value is -1.27. The van der Waals surface area contributed by atoms with Crippen LogP contribution < -0.4 is 9.44 Å². The number of nitrogens with one attached hydrogen (secondary N) is 2. The molecule has 0 aromatic heterocycles. The molecule has 0 amide bonds. The summed E-state index contributed by atoms with van der Waals surface area (Å²) in [5.41, 5.74) is 1.77. The van der Waals surface area contributed by atoms with E-state index in [9.17, 15) is 13.5 Å². The van der Waals surface area contributed by atoms with Gasteiger partial charge in [-0.3, -0.25) is 4.72 Å². The van der Waals surface area contributed by atoms with Crippen molar-refractivity contribution in [2.24, 2.45) is 5.92 Å². The number of phenolic OH excluding ortho intramolecular Hbond substituents is 1. The van der Waals surface area contributed by atoms with Gasteiger partial charge in [-0.2, -0.15) is 13.1 Å². The van der Waals surface area contributed by atoms with Crippen LogP contribution in [-0.4, -0.2) is 20.1 Å². The highest BCUT2D eigenvalue weighted by Gasteiger charge is 2.12. The van der Waals surface area contributed by atoms with Gasteiger partial charge in [-0.1, -0.05) is 13.8 Å². The van der Waals surface area contributed by atoms with Gasteiger partial charge in [0.2, 0.25) is 0 Å². The van der Waals surface area contributed by atoms with Crippen LogP contribution in [-0.2, 0) is 10.2 Å². The molecule has 1 aromatic carbocycles. The maximum atomic E-state index is 11.8. The number of phenols is 1. The number of aromatic hydroxyl groups is 1. The Bertz CT molecular complexity index is 524. The Kier molecular flexibility index (Phi) is 4.59. The second-order valence-electron chi connectivity index (χ2n) is 4.80. The van der Waals surface area contributed by atoms with Gasteiger partial charge < -0.3 is 5.11 Å². The van der Waals surface area contributed by atoms with E-state index >= 15 is 0 Å². The van der Waals surface area contributed by atoms with Gasteiger partial charge in [0.05, 0.1) is 5.69 Å². The fourth-order valence-corrected chi connectivity index (χ4v) is 2.50. The number of benzene rings is 1. The normalized spacial score (nSPS) is 11.8. The lowest BCUT2D eigenvalue weighted by Crippen LogP contribution is -2.33. The van der Waals surface area contributed by atoms with Crippen LogP contribution in [0.5, 0.6) is 5.75 Å². The fourth-order valence-electron chi connectivity index (χ4n) is 1.37. The van der Waals surface area contributed by atoms with E-state index in [2.05, 4.69) is 9.44 Å². The second-order valence-corrected chi connectivity index (χ2v) is 6.30. The highest BCUT2D eigenvalue weighted by Crippen LogP contribution is 2.25. The summed E-state index contributed by atoms with van der Waals surface area (Å²) in [6.45, 7) is 7.69. The van der Waals surface area contributed by atoms with Crippen LogP contribution in [0.15, 0.2) is 12.1 Å². The third kappa shape index (κ3) is 4.19. The summed E-state index contributed by atoms with van der Waals surface area (Å²) in [5.74, 6) is 0.398. The molecule has 0 aliphatic heterocycles. The maximum Gasteiger partial charge on any atom is 0.299 e. The molecular formula is C12H20N2O3S. The largest absolute Gasteiger partial charge is 0.508 e. The zero-order chi connectivity index (χ0) is 13.9. The third-order valence-electron chi connectivity index (χ3n) is 2.47. The second kappa shape index (κ2) is 5.58. The van der Waals surface area contributed by atoms with Gasteiger partial charge in [0.15, 0.2) is 0 Å². The van der Waals surface area contributed by atoms with Crippen molar-refractivity contribution < 1.29 is 13.5 Å². The summed E-state index contributed by atoms with van der Waals surface area (Å²) in [7, 11) is -3.56. The first kappa shape index (κ1) is 14.8. The minimum Gasteiger partial charge on any atom is -0.508 e. The minimum atomic E-state index is -3.56. The molecule has 1 aromatic rings. The summed E-state index contributed by atoms with van der Waals surface area (Å²) < 4.78 is 28.5. The van der Waals surface area contributed by atoms with Gasteiger partial charge in [-0.15, -0.1) is 0 Å². The van der Waals surface area contributed by atoms with Crippen LogP contribution in [0.1, 0.15) is 25.0 Å². The first-order valence-electron chi connectivity index (χ1n) is 5.79. The molecule has 6 heteroatoms. The summed E-state index contributed by atoms with van der Waals surface area (Å²) >= 11 is 0. The maximum absolute atomic E-state index is 11.8. The molecule has 0 bridgehead atoms. The number of anilines is 1. The number of hydrogen-bond acceptors (Lipinski definition) is 3. The van der Waals surface area contributed by atoms with E-state index in [-0.39, 0.29) is 11.7 Å². The van der Waals surface area contributed by atoms with Gasteiger partial charge in [-0.05, 0) is 43.0 Å². The number of rotatable bonds is 5. The summed E-state index contributed by atoms with van der Waals surface area (Å²) in [5, 5.41) is 9.51. The molecule has 0 heterocycles. The van der Waals surface area contributed by atoms with Crippen LogP contribution in [0.3, 0.4) is 0 Å². The van der Waals surface area contributed by atoms with E-state index in [1.807, 2.05) is 13.8 Å². The molecule has 3 N–H and O–H groups in total. The van der Waals surface area contributed by atoms with Crippen molar-refractivity contribution in [1.82, 2.24) is 4.72 Å². The molecule has 102 valence electrons. The molecular weight excluding hydrogens is 252 g/mol. The van der Waals surface area contributed by atoms with Crippen molar-refractivity contribution in [2.75, 3.05) is 11.3 Å². The van der Waals surface area contributed by atoms with E-state index in [1.165, 1.54) is 6.07 Å². The van der Waals surface area contributed by atoms with Crippen LogP contribution in [0, 0.1) is 19.8 Å². The first-order valence-corrected chi connectivity index (χ1v) is 7.27. The Balaban J connectivity index is 2.87. The lowest BCUT2D eigenvalue weighted by atomic mass is 10.1. The average molecular weight is 272 g/mol. The molecule has 0 radical (unpaired) electrons. The molecule has 0 aliphatic carbocycles. The summed E-state index contributed by atoms with van der Waals surface area (Å²) in [6.07, 6.45) is 0. The number of hydrogen-bond donors (Lipinski definition) is 3. The Morgan fingerprint density at radius 2 is 1.83 bits per heavy atom. The van der Waals surface area contributed by atoms with Gasteiger partial charge >= 0.3 is 0 Å². The zero-order valence-corrected chi connectivity index (χ0v) is 11.9. The smallest absolute Gasteiger partial charge is 0.299 e. The highest BCUT2D eigenvalue weighted by molar-refractivity contribution is 7.90. The monoisotopic (exact) mass is 272 g/mol. The molecule has 0 spiro atoms. The molecule has 0 atom stereocenters. The molecule has 5 nitrogen and oxygen atoms in total. The SMILES string of the molecule is Cc1cc(NS(=O)(=O)NCC(C)C)c(C)cc1O. The summed E-state index contributed by atoms with van der Waals surface area (Å²) in [4.78, 5) is 0. The van der Waals surface area contributed by atoms with Crippen molar-refractivity contribution in [3.05, 3.63) is 23.3 Å². The molecule has 0 unspecified atom stereocenters. The van der Waals surface area contributed by atoms with Gasteiger partial charge in [0.25, 0.3) is 10.2 Å². The van der Waals surface area contributed by atoms with E-state index < -0.39 is 10.2 Å². The van der Waals surface area contributed by atoms with Crippen molar-refractivity contribution in [3.8, 4) is 5.75 Å². The third-order valence-corrected chi connectivity index (χ3v) is 3.50. The molecule has 18 heavy (non-hydrogen) atoms. The van der Waals surface area contributed by atoms with Crippen molar-refractivity contribution in [3.63, 3.8) is 0 Å². The van der Waals surface area contributed by atoms with Gasteiger partial charge in [0.1, 0.15) is 5.75 Å². The lowest BCUT2D eigenvalue weighted by molar-refractivity contribution is 0.471. The standard InChI is InChI=1S/C12H20N2O3S/c1-8(2)7-13-18(16,17)14-11-5-10(4)12(15)6-9(11)3/h5-6,8,13-15H,7H2,1-4H3. The van der Waals surface area contributed by atoms with Crippen molar-refractivity contribution in [1.29, 1.82) is 0 Å². The van der Waals surface area contributed by atoms with Gasteiger partial charge in [-0.25, -0.2) is 0 Å². The molecule has 0 fully saturated rings. The molecule has 1 rings (SSSR count). The fraction of sp³-hybridized carbons (Fsp3) is 0.500. The van der Waals surface area contributed by atoms with Gasteiger partial charge in [0, 0.05) is 6.54 Å². The van der Waals surface area contributed by atoms with E-state index in [4.69, 9.17) is 0 Å². The summed E-state index contributed by atoms with van der Waals surface area (Å²) in [6, 6.07) is 3.15.